The molecule has 3 rings (SSSR count). The van der Waals surface area contributed by atoms with E-state index in [2.05, 4.69) is 10.4 Å². The van der Waals surface area contributed by atoms with Gasteiger partial charge < -0.3 is 5.32 Å². The molecule has 4 nitrogen and oxygen atoms in total. The van der Waals surface area contributed by atoms with E-state index in [9.17, 15) is 4.79 Å². The normalized spacial score (nSPS) is 14.2. The van der Waals surface area contributed by atoms with E-state index in [4.69, 9.17) is 23.2 Å². The molecule has 0 radical (unpaired) electrons. The van der Waals surface area contributed by atoms with Crippen molar-refractivity contribution < 1.29 is 0 Å². The molecule has 1 heterocycles. The number of nitrogens with zero attached hydrogens (tertiary/aromatic N) is 2. The molecule has 0 bridgehead atoms. The fraction of sp³-hybridized carbons (Fsp3) is 0.333. The standard InChI is InChI=1S/C15H15Cl2N3O/c16-12-3-1-2-11(6-12)7-18-14-13(17)8-19-20(15(14)21)9-10-4-5-10/h1-3,6,8,10,18H,4-5,7,9H2. The van der Waals surface area contributed by atoms with Gasteiger partial charge in [0.05, 0.1) is 11.2 Å². The Bertz CT molecular complexity index is 710. The van der Waals surface area contributed by atoms with Gasteiger partial charge in [-0.25, -0.2) is 4.68 Å². The molecule has 0 amide bonds. The minimum atomic E-state index is -0.170. The first kappa shape index (κ1) is 14.4. The fourth-order valence-electron chi connectivity index (χ4n) is 2.14. The van der Waals surface area contributed by atoms with Gasteiger partial charge in [0.15, 0.2) is 0 Å². The maximum absolute atomic E-state index is 12.4. The second kappa shape index (κ2) is 6.08. The Morgan fingerprint density at radius 3 is 2.86 bits per heavy atom. The molecule has 0 unspecified atom stereocenters. The van der Waals surface area contributed by atoms with E-state index in [1.54, 1.807) is 0 Å². The summed E-state index contributed by atoms with van der Waals surface area (Å²) in [5.41, 5.74) is 1.22. The highest BCUT2D eigenvalue weighted by Gasteiger charge is 2.23. The summed E-state index contributed by atoms with van der Waals surface area (Å²) in [6.07, 6.45) is 3.86. The lowest BCUT2D eigenvalue weighted by Gasteiger charge is -2.10. The van der Waals surface area contributed by atoms with Crippen LogP contribution >= 0.6 is 23.2 Å². The molecule has 0 atom stereocenters. The summed E-state index contributed by atoms with van der Waals surface area (Å²) in [5.74, 6) is 0.581. The molecule has 6 heteroatoms. The number of hydrogen-bond donors (Lipinski definition) is 1. The number of aromatic nitrogens is 2. The van der Waals surface area contributed by atoms with Crippen molar-refractivity contribution in [3.63, 3.8) is 0 Å². The smallest absolute Gasteiger partial charge is 0.291 e. The Morgan fingerprint density at radius 1 is 1.33 bits per heavy atom. The molecule has 0 spiro atoms. The van der Waals surface area contributed by atoms with Crippen LogP contribution in [0.4, 0.5) is 5.69 Å². The average molecular weight is 324 g/mol. The summed E-state index contributed by atoms with van der Waals surface area (Å²) in [6.45, 7) is 1.16. The van der Waals surface area contributed by atoms with E-state index in [0.717, 1.165) is 5.56 Å². The average Bonchev–Trinajstić information content (AvgIpc) is 3.26. The summed E-state index contributed by atoms with van der Waals surface area (Å²) < 4.78 is 1.49. The van der Waals surface area contributed by atoms with Crippen LogP contribution in [0, 0.1) is 5.92 Å². The van der Waals surface area contributed by atoms with Gasteiger partial charge in [0, 0.05) is 18.1 Å². The highest BCUT2D eigenvalue weighted by atomic mass is 35.5. The van der Waals surface area contributed by atoms with E-state index in [1.807, 2.05) is 24.3 Å². The van der Waals surface area contributed by atoms with Crippen LogP contribution in [0.2, 0.25) is 10.0 Å². The number of benzene rings is 1. The number of nitrogens with one attached hydrogen (secondary N) is 1. The van der Waals surface area contributed by atoms with Crippen LogP contribution in [0.5, 0.6) is 0 Å². The molecule has 1 saturated carbocycles. The Labute approximate surface area is 132 Å². The fourth-order valence-corrected chi connectivity index (χ4v) is 2.55. The molecule has 1 aliphatic rings. The molecular formula is C15H15Cl2N3O. The molecule has 21 heavy (non-hydrogen) atoms. The molecule has 110 valence electrons. The van der Waals surface area contributed by atoms with Crippen molar-refractivity contribution >= 4 is 28.9 Å². The van der Waals surface area contributed by atoms with Crippen molar-refractivity contribution in [3.8, 4) is 0 Å². The van der Waals surface area contributed by atoms with E-state index in [0.29, 0.717) is 34.7 Å². The van der Waals surface area contributed by atoms with Crippen LogP contribution < -0.4 is 10.9 Å². The van der Waals surface area contributed by atoms with Crippen molar-refractivity contribution in [2.45, 2.75) is 25.9 Å². The molecule has 0 saturated heterocycles. The first-order valence-electron chi connectivity index (χ1n) is 6.87. The van der Waals surface area contributed by atoms with Crippen molar-refractivity contribution in [2.24, 2.45) is 5.92 Å². The molecular weight excluding hydrogens is 309 g/mol. The second-order valence-corrected chi connectivity index (χ2v) is 6.13. The van der Waals surface area contributed by atoms with Crippen LogP contribution in [0.3, 0.4) is 0 Å². The van der Waals surface area contributed by atoms with Gasteiger partial charge >= 0.3 is 0 Å². The van der Waals surface area contributed by atoms with E-state index in [1.165, 1.54) is 23.7 Å². The SMILES string of the molecule is O=c1c(NCc2cccc(Cl)c2)c(Cl)cnn1CC1CC1. The van der Waals surface area contributed by atoms with E-state index >= 15 is 0 Å². The maximum Gasteiger partial charge on any atom is 0.291 e. The number of halogens is 2. The zero-order chi connectivity index (χ0) is 14.8. The lowest BCUT2D eigenvalue weighted by molar-refractivity contribution is 0.534. The Morgan fingerprint density at radius 2 is 2.14 bits per heavy atom. The summed E-state index contributed by atoms with van der Waals surface area (Å²) in [4.78, 5) is 12.4. The Kier molecular flexibility index (Phi) is 4.17. The van der Waals surface area contributed by atoms with Crippen molar-refractivity contribution in [1.82, 2.24) is 9.78 Å². The predicted octanol–water partition coefficient (Wildman–Crippen LogP) is 3.57. The summed E-state index contributed by atoms with van der Waals surface area (Å²) >= 11 is 12.0. The third-order valence-corrected chi connectivity index (χ3v) is 4.01. The van der Waals surface area contributed by atoms with Gasteiger partial charge in [-0.1, -0.05) is 35.3 Å². The number of rotatable bonds is 5. The van der Waals surface area contributed by atoms with Crippen molar-refractivity contribution in [2.75, 3.05) is 5.32 Å². The zero-order valence-electron chi connectivity index (χ0n) is 11.4. The monoisotopic (exact) mass is 323 g/mol. The quantitative estimate of drug-likeness (QED) is 0.914. The van der Waals surface area contributed by atoms with Crippen LogP contribution in [0.15, 0.2) is 35.3 Å². The highest BCUT2D eigenvalue weighted by Crippen LogP contribution is 2.30. The first-order chi connectivity index (χ1) is 10.1. The first-order valence-corrected chi connectivity index (χ1v) is 7.63. The Balaban J connectivity index is 1.79. The Hall–Kier alpha value is -1.52. The van der Waals surface area contributed by atoms with Gasteiger partial charge in [0.25, 0.3) is 5.56 Å². The van der Waals surface area contributed by atoms with Crippen LogP contribution in [0.1, 0.15) is 18.4 Å². The summed E-state index contributed by atoms with van der Waals surface area (Å²) in [6, 6.07) is 7.48. The van der Waals surface area contributed by atoms with Crippen molar-refractivity contribution in [1.29, 1.82) is 0 Å². The predicted molar refractivity (Wildman–Crippen MR) is 85.0 cm³/mol. The molecule has 1 aromatic heterocycles. The van der Waals surface area contributed by atoms with Crippen LogP contribution in [-0.4, -0.2) is 9.78 Å². The van der Waals surface area contributed by atoms with E-state index in [-0.39, 0.29) is 5.56 Å². The lowest BCUT2D eigenvalue weighted by atomic mass is 10.2. The van der Waals surface area contributed by atoms with Crippen LogP contribution in [-0.2, 0) is 13.1 Å². The largest absolute Gasteiger partial charge is 0.375 e. The third-order valence-electron chi connectivity index (χ3n) is 3.48. The summed E-state index contributed by atoms with van der Waals surface area (Å²) in [7, 11) is 0. The summed E-state index contributed by atoms with van der Waals surface area (Å²) in [5, 5.41) is 8.20. The number of hydrogen-bond acceptors (Lipinski definition) is 3. The minimum Gasteiger partial charge on any atom is -0.375 e. The topological polar surface area (TPSA) is 46.9 Å². The maximum atomic E-state index is 12.4. The molecule has 1 N–H and O–H groups in total. The molecule has 2 aromatic rings. The molecule has 0 aliphatic heterocycles. The van der Waals surface area contributed by atoms with E-state index < -0.39 is 0 Å². The minimum absolute atomic E-state index is 0.170. The molecule has 1 aromatic carbocycles. The van der Waals surface area contributed by atoms with Gasteiger partial charge in [-0.15, -0.1) is 0 Å². The van der Waals surface area contributed by atoms with Gasteiger partial charge in [-0.3, -0.25) is 4.79 Å². The molecule has 1 fully saturated rings. The second-order valence-electron chi connectivity index (χ2n) is 5.28. The lowest BCUT2D eigenvalue weighted by Crippen LogP contribution is -2.26. The highest BCUT2D eigenvalue weighted by molar-refractivity contribution is 6.33. The van der Waals surface area contributed by atoms with Gasteiger partial charge in [0.1, 0.15) is 5.69 Å². The van der Waals surface area contributed by atoms with Crippen molar-refractivity contribution in [3.05, 3.63) is 56.4 Å². The zero-order valence-corrected chi connectivity index (χ0v) is 12.9. The van der Waals surface area contributed by atoms with Gasteiger partial charge in [-0.05, 0) is 36.5 Å². The van der Waals surface area contributed by atoms with Gasteiger partial charge in [-0.2, -0.15) is 5.10 Å². The van der Waals surface area contributed by atoms with Gasteiger partial charge in [0.2, 0.25) is 0 Å². The third kappa shape index (κ3) is 3.57. The van der Waals surface area contributed by atoms with Crippen LogP contribution in [0.25, 0.3) is 0 Å². The molecule has 1 aliphatic carbocycles. The number of anilines is 1.